The van der Waals surface area contributed by atoms with Crippen LogP contribution in [0.1, 0.15) is 37.8 Å². The van der Waals surface area contributed by atoms with Gasteiger partial charge in [-0.3, -0.25) is 0 Å². The second kappa shape index (κ2) is 4.34. The SMILES string of the molecule is CCC(C)C1CCc2cc(F)ccc2C1. The second-order valence-corrected chi connectivity index (χ2v) is 4.80. The van der Waals surface area contributed by atoms with Crippen molar-refractivity contribution in [1.29, 1.82) is 0 Å². The van der Waals surface area contributed by atoms with Gasteiger partial charge in [0, 0.05) is 0 Å². The van der Waals surface area contributed by atoms with E-state index in [-0.39, 0.29) is 5.82 Å². The van der Waals surface area contributed by atoms with Gasteiger partial charge in [0.2, 0.25) is 0 Å². The molecule has 1 aliphatic rings. The van der Waals surface area contributed by atoms with Crippen LogP contribution in [-0.2, 0) is 12.8 Å². The van der Waals surface area contributed by atoms with Crippen LogP contribution < -0.4 is 0 Å². The van der Waals surface area contributed by atoms with Gasteiger partial charge in [-0.2, -0.15) is 0 Å². The minimum atomic E-state index is -0.0873. The van der Waals surface area contributed by atoms with E-state index >= 15 is 0 Å². The van der Waals surface area contributed by atoms with E-state index in [0.29, 0.717) is 0 Å². The third-order valence-electron chi connectivity index (χ3n) is 3.88. The van der Waals surface area contributed by atoms with Gasteiger partial charge < -0.3 is 0 Å². The van der Waals surface area contributed by atoms with Crippen molar-refractivity contribution in [1.82, 2.24) is 0 Å². The summed E-state index contributed by atoms with van der Waals surface area (Å²) in [6, 6.07) is 5.28. The Morgan fingerprint density at radius 2 is 2.20 bits per heavy atom. The molecular formula is C14H19F. The normalized spacial score (nSPS) is 22.2. The summed E-state index contributed by atoms with van der Waals surface area (Å²) in [5, 5.41) is 0. The van der Waals surface area contributed by atoms with Crippen LogP contribution in [0.3, 0.4) is 0 Å². The maximum atomic E-state index is 13.0. The molecule has 2 rings (SSSR count). The van der Waals surface area contributed by atoms with Gasteiger partial charge in [-0.05, 0) is 54.4 Å². The van der Waals surface area contributed by atoms with Crippen LogP contribution >= 0.6 is 0 Å². The van der Waals surface area contributed by atoms with Gasteiger partial charge in [0.15, 0.2) is 0 Å². The van der Waals surface area contributed by atoms with E-state index in [0.717, 1.165) is 24.7 Å². The summed E-state index contributed by atoms with van der Waals surface area (Å²) in [5.74, 6) is 1.51. The van der Waals surface area contributed by atoms with Crippen molar-refractivity contribution >= 4 is 0 Å². The highest BCUT2D eigenvalue weighted by atomic mass is 19.1. The zero-order chi connectivity index (χ0) is 10.8. The Kier molecular flexibility index (Phi) is 3.08. The molecule has 1 aliphatic carbocycles. The van der Waals surface area contributed by atoms with Crippen LogP contribution in [-0.4, -0.2) is 0 Å². The molecule has 0 spiro atoms. The van der Waals surface area contributed by atoms with Crippen LogP contribution in [0.2, 0.25) is 0 Å². The molecule has 0 aromatic heterocycles. The first-order valence-electron chi connectivity index (χ1n) is 5.98. The number of hydrogen-bond donors (Lipinski definition) is 0. The topological polar surface area (TPSA) is 0 Å². The molecule has 0 saturated heterocycles. The molecule has 1 aromatic rings. The number of benzene rings is 1. The van der Waals surface area contributed by atoms with E-state index in [2.05, 4.69) is 13.8 Å². The van der Waals surface area contributed by atoms with Crippen molar-refractivity contribution in [3.05, 3.63) is 35.1 Å². The monoisotopic (exact) mass is 206 g/mol. The quantitative estimate of drug-likeness (QED) is 0.686. The largest absolute Gasteiger partial charge is 0.207 e. The van der Waals surface area contributed by atoms with Crippen LogP contribution in [0.5, 0.6) is 0 Å². The van der Waals surface area contributed by atoms with E-state index in [4.69, 9.17) is 0 Å². The lowest BCUT2D eigenvalue weighted by Gasteiger charge is -2.28. The summed E-state index contributed by atoms with van der Waals surface area (Å²) in [5.41, 5.74) is 2.60. The van der Waals surface area contributed by atoms with Crippen molar-refractivity contribution < 1.29 is 4.39 Å². The molecule has 15 heavy (non-hydrogen) atoms. The average Bonchev–Trinajstić information content (AvgIpc) is 2.27. The smallest absolute Gasteiger partial charge is 0.123 e. The fraction of sp³-hybridized carbons (Fsp3) is 0.571. The number of rotatable bonds is 2. The number of aryl methyl sites for hydroxylation is 1. The van der Waals surface area contributed by atoms with Crippen LogP contribution in [0.4, 0.5) is 4.39 Å². The van der Waals surface area contributed by atoms with Gasteiger partial charge in [-0.15, -0.1) is 0 Å². The third kappa shape index (κ3) is 2.22. The summed E-state index contributed by atoms with van der Waals surface area (Å²) in [7, 11) is 0. The molecule has 2 atom stereocenters. The lowest BCUT2D eigenvalue weighted by atomic mass is 9.77. The molecule has 0 N–H and O–H groups in total. The van der Waals surface area contributed by atoms with Crippen LogP contribution in [0, 0.1) is 17.7 Å². The average molecular weight is 206 g/mol. The second-order valence-electron chi connectivity index (χ2n) is 4.80. The maximum Gasteiger partial charge on any atom is 0.123 e. The molecule has 0 bridgehead atoms. The van der Waals surface area contributed by atoms with Gasteiger partial charge in [0.05, 0.1) is 0 Å². The Bertz CT molecular complexity index is 343. The first-order valence-corrected chi connectivity index (χ1v) is 5.98. The molecule has 0 fully saturated rings. The van der Waals surface area contributed by atoms with E-state index in [9.17, 15) is 4.39 Å². The van der Waals surface area contributed by atoms with Crippen LogP contribution in [0.25, 0.3) is 0 Å². The lowest BCUT2D eigenvalue weighted by molar-refractivity contribution is 0.312. The van der Waals surface area contributed by atoms with Crippen molar-refractivity contribution in [2.75, 3.05) is 0 Å². The van der Waals surface area contributed by atoms with Crippen molar-refractivity contribution in [2.24, 2.45) is 11.8 Å². The molecule has 0 heterocycles. The molecule has 1 aromatic carbocycles. The molecule has 0 saturated carbocycles. The standard InChI is InChI=1S/C14H19F/c1-3-10(2)11-4-5-13-9-14(15)7-6-12(13)8-11/h6-7,9-11H,3-5,8H2,1-2H3. The number of halogens is 1. The first kappa shape index (κ1) is 10.7. The Morgan fingerprint density at radius 3 is 2.93 bits per heavy atom. The number of fused-ring (bicyclic) bond motifs is 1. The molecule has 2 unspecified atom stereocenters. The first-order chi connectivity index (χ1) is 7.20. The molecule has 0 amide bonds. The van der Waals surface area contributed by atoms with E-state index in [1.54, 1.807) is 12.1 Å². The summed E-state index contributed by atoms with van der Waals surface area (Å²) in [6.45, 7) is 4.59. The highest BCUT2D eigenvalue weighted by molar-refractivity contribution is 5.30. The fourth-order valence-electron chi connectivity index (χ4n) is 2.57. The Labute approximate surface area is 91.5 Å². The highest BCUT2D eigenvalue weighted by Gasteiger charge is 2.22. The molecule has 0 aliphatic heterocycles. The van der Waals surface area contributed by atoms with Crippen molar-refractivity contribution in [3.63, 3.8) is 0 Å². The zero-order valence-corrected chi connectivity index (χ0v) is 9.59. The van der Waals surface area contributed by atoms with Gasteiger partial charge >= 0.3 is 0 Å². The van der Waals surface area contributed by atoms with E-state index in [1.807, 2.05) is 6.07 Å². The summed E-state index contributed by atoms with van der Waals surface area (Å²) in [4.78, 5) is 0. The van der Waals surface area contributed by atoms with E-state index < -0.39 is 0 Å². The summed E-state index contributed by atoms with van der Waals surface area (Å²) in [6.07, 6.45) is 4.68. The minimum Gasteiger partial charge on any atom is -0.207 e. The number of hydrogen-bond acceptors (Lipinski definition) is 0. The minimum absolute atomic E-state index is 0.0873. The molecule has 82 valence electrons. The Hall–Kier alpha value is -0.850. The van der Waals surface area contributed by atoms with Crippen LogP contribution in [0.15, 0.2) is 18.2 Å². The van der Waals surface area contributed by atoms with Crippen molar-refractivity contribution in [2.45, 2.75) is 39.5 Å². The Balaban J connectivity index is 2.16. The summed E-state index contributed by atoms with van der Waals surface area (Å²) >= 11 is 0. The van der Waals surface area contributed by atoms with Crippen molar-refractivity contribution in [3.8, 4) is 0 Å². The van der Waals surface area contributed by atoms with Gasteiger partial charge in [0.25, 0.3) is 0 Å². The predicted molar refractivity (Wildman–Crippen MR) is 61.4 cm³/mol. The Morgan fingerprint density at radius 1 is 1.40 bits per heavy atom. The predicted octanol–water partition coefficient (Wildman–Crippen LogP) is 3.98. The van der Waals surface area contributed by atoms with Gasteiger partial charge in [0.1, 0.15) is 5.82 Å². The lowest BCUT2D eigenvalue weighted by Crippen LogP contribution is -2.20. The molecule has 0 nitrogen and oxygen atoms in total. The zero-order valence-electron chi connectivity index (χ0n) is 9.59. The summed E-state index contributed by atoms with van der Waals surface area (Å²) < 4.78 is 13.0. The highest BCUT2D eigenvalue weighted by Crippen LogP contribution is 2.31. The van der Waals surface area contributed by atoms with Gasteiger partial charge in [-0.1, -0.05) is 26.3 Å². The third-order valence-corrected chi connectivity index (χ3v) is 3.88. The molecular weight excluding hydrogens is 187 g/mol. The fourth-order valence-corrected chi connectivity index (χ4v) is 2.57. The molecule has 1 heteroatoms. The van der Waals surface area contributed by atoms with Gasteiger partial charge in [-0.25, -0.2) is 4.39 Å². The maximum absolute atomic E-state index is 13.0. The van der Waals surface area contributed by atoms with E-state index in [1.165, 1.54) is 24.0 Å². The molecule has 0 radical (unpaired) electrons.